The fraction of sp³-hybridized carbons (Fsp3) is 0.500. The van der Waals surface area contributed by atoms with Gasteiger partial charge in [0.1, 0.15) is 5.76 Å². The number of piperidine rings is 1. The summed E-state index contributed by atoms with van der Waals surface area (Å²) < 4.78 is 10.4. The summed E-state index contributed by atoms with van der Waals surface area (Å²) in [6, 6.07) is 8.54. The van der Waals surface area contributed by atoms with Crippen LogP contribution in [-0.2, 0) is 17.7 Å². The molecule has 3 heterocycles. The third-order valence-corrected chi connectivity index (χ3v) is 5.43. The van der Waals surface area contributed by atoms with Crippen molar-refractivity contribution in [3.63, 3.8) is 0 Å². The summed E-state index contributed by atoms with van der Waals surface area (Å²) in [6.07, 6.45) is 6.53. The molecular formula is C20H26N4O3. The summed E-state index contributed by atoms with van der Waals surface area (Å²) in [5.74, 6) is 1.36. The molecule has 0 atom stereocenters. The zero-order valence-electron chi connectivity index (χ0n) is 15.4. The molecule has 1 aromatic heterocycles. The first-order valence-electron chi connectivity index (χ1n) is 9.59. The summed E-state index contributed by atoms with van der Waals surface area (Å²) in [6.45, 7) is 4.50. The Bertz CT molecular complexity index is 720. The van der Waals surface area contributed by atoms with Crippen LogP contribution < -0.4 is 10.6 Å². The van der Waals surface area contributed by atoms with Crippen molar-refractivity contribution in [2.75, 3.05) is 31.6 Å². The Morgan fingerprint density at radius 1 is 1.19 bits per heavy atom. The minimum absolute atomic E-state index is 0.258. The lowest BCUT2D eigenvalue weighted by Gasteiger charge is -2.41. The molecule has 7 nitrogen and oxygen atoms in total. The lowest BCUT2D eigenvalue weighted by molar-refractivity contribution is -0.0737. The van der Waals surface area contributed by atoms with Gasteiger partial charge in [0.25, 0.3) is 0 Å². The van der Waals surface area contributed by atoms with Crippen LogP contribution in [-0.4, -0.2) is 48.3 Å². The van der Waals surface area contributed by atoms with Crippen LogP contribution >= 0.6 is 0 Å². The van der Waals surface area contributed by atoms with E-state index >= 15 is 0 Å². The molecule has 0 radical (unpaired) electrons. The van der Waals surface area contributed by atoms with E-state index < -0.39 is 0 Å². The van der Waals surface area contributed by atoms with Crippen LogP contribution in [0.4, 0.5) is 10.5 Å². The number of carbonyl (C=O) groups excluding carboxylic acids is 1. The number of aromatic nitrogens is 1. The number of nitrogens with one attached hydrogen (secondary N) is 2. The number of hydrogen-bond donors (Lipinski definition) is 2. The van der Waals surface area contributed by atoms with Crippen LogP contribution in [0.25, 0.3) is 0 Å². The summed E-state index contributed by atoms with van der Waals surface area (Å²) in [4.78, 5) is 18.3. The van der Waals surface area contributed by atoms with Crippen molar-refractivity contribution in [3.05, 3.63) is 48.2 Å². The molecule has 27 heavy (non-hydrogen) atoms. The van der Waals surface area contributed by atoms with Gasteiger partial charge in [-0.1, -0.05) is 12.1 Å². The highest BCUT2D eigenvalue weighted by atomic mass is 16.5. The van der Waals surface area contributed by atoms with E-state index in [0.717, 1.165) is 31.2 Å². The lowest BCUT2D eigenvalue weighted by Crippen LogP contribution is -2.51. The first-order valence-corrected chi connectivity index (χ1v) is 9.59. The van der Waals surface area contributed by atoms with Crippen molar-refractivity contribution in [3.8, 4) is 0 Å². The van der Waals surface area contributed by atoms with Gasteiger partial charge in [-0.2, -0.15) is 0 Å². The van der Waals surface area contributed by atoms with Crippen LogP contribution in [0.3, 0.4) is 0 Å². The second kappa shape index (κ2) is 8.54. The third-order valence-electron chi connectivity index (χ3n) is 5.43. The molecule has 0 unspecified atom stereocenters. The van der Waals surface area contributed by atoms with Gasteiger partial charge >= 0.3 is 6.03 Å². The fourth-order valence-electron chi connectivity index (χ4n) is 3.69. The second-order valence-corrected chi connectivity index (χ2v) is 7.35. The van der Waals surface area contributed by atoms with E-state index in [2.05, 4.69) is 32.7 Å². The Morgan fingerprint density at radius 2 is 1.96 bits per heavy atom. The summed E-state index contributed by atoms with van der Waals surface area (Å²) in [7, 11) is 0. The number of ether oxygens (including phenoxy) is 1. The quantitative estimate of drug-likeness (QED) is 0.817. The molecule has 2 fully saturated rings. The molecule has 2 aliphatic rings. The zero-order chi connectivity index (χ0) is 18.5. The van der Waals surface area contributed by atoms with E-state index in [-0.39, 0.29) is 6.03 Å². The molecule has 0 spiro atoms. The van der Waals surface area contributed by atoms with E-state index in [4.69, 9.17) is 9.15 Å². The molecule has 7 heteroatoms. The minimum atomic E-state index is -0.258. The molecule has 2 aliphatic heterocycles. The Kier molecular flexibility index (Phi) is 5.69. The maximum Gasteiger partial charge on any atom is 0.319 e. The molecule has 4 rings (SSSR count). The Balaban J connectivity index is 1.20. The van der Waals surface area contributed by atoms with Crippen LogP contribution in [0.5, 0.6) is 0 Å². The number of likely N-dealkylation sites (tertiary alicyclic amines) is 1. The number of oxazole rings is 1. The molecule has 2 amide bonds. The smallest absolute Gasteiger partial charge is 0.319 e. The normalized spacial score (nSPS) is 18.8. The highest BCUT2D eigenvalue weighted by Crippen LogP contribution is 2.25. The van der Waals surface area contributed by atoms with Gasteiger partial charge < -0.3 is 19.8 Å². The first kappa shape index (κ1) is 18.0. The minimum Gasteiger partial charge on any atom is -0.447 e. The van der Waals surface area contributed by atoms with Crippen molar-refractivity contribution in [2.45, 2.75) is 31.8 Å². The van der Waals surface area contributed by atoms with E-state index in [9.17, 15) is 4.79 Å². The number of carbonyl (C=O) groups is 1. The highest BCUT2D eigenvalue weighted by Gasteiger charge is 2.29. The third kappa shape index (κ3) is 4.87. The van der Waals surface area contributed by atoms with Gasteiger partial charge in [0.05, 0.1) is 32.0 Å². The number of urea groups is 1. The Hall–Kier alpha value is -2.38. The van der Waals surface area contributed by atoms with Gasteiger partial charge in [0, 0.05) is 5.69 Å². The number of anilines is 1. The van der Waals surface area contributed by atoms with Crippen molar-refractivity contribution < 1.29 is 13.9 Å². The van der Waals surface area contributed by atoms with Crippen molar-refractivity contribution in [2.24, 2.45) is 5.92 Å². The van der Waals surface area contributed by atoms with E-state index in [1.54, 1.807) is 6.20 Å². The standard InChI is InChI=1S/C20H26N4O3/c25-20(22-11-19-10-21-14-27-19)23-17-3-1-15(2-4-17)9-16-5-7-24(8-6-16)18-12-26-13-18/h1-4,10,14,16,18H,5-9,11-13H2,(H2,22,23,25). The average Bonchev–Trinajstić information content (AvgIpc) is 3.15. The van der Waals surface area contributed by atoms with E-state index in [0.29, 0.717) is 18.3 Å². The summed E-state index contributed by atoms with van der Waals surface area (Å²) in [5, 5.41) is 5.57. The van der Waals surface area contributed by atoms with Crippen LogP contribution in [0, 0.1) is 5.92 Å². The molecule has 0 saturated carbocycles. The van der Waals surface area contributed by atoms with Gasteiger partial charge in [0.15, 0.2) is 6.39 Å². The second-order valence-electron chi connectivity index (χ2n) is 7.35. The van der Waals surface area contributed by atoms with Gasteiger partial charge in [0.2, 0.25) is 0 Å². The number of nitrogens with zero attached hydrogens (tertiary/aromatic N) is 2. The van der Waals surface area contributed by atoms with E-state index in [1.807, 2.05) is 12.1 Å². The molecule has 2 N–H and O–H groups in total. The van der Waals surface area contributed by atoms with Gasteiger partial charge in [-0.15, -0.1) is 0 Å². The number of rotatable bonds is 6. The van der Waals surface area contributed by atoms with Crippen LogP contribution in [0.1, 0.15) is 24.2 Å². The topological polar surface area (TPSA) is 79.6 Å². The predicted molar refractivity (Wildman–Crippen MR) is 101 cm³/mol. The largest absolute Gasteiger partial charge is 0.447 e. The zero-order valence-corrected chi connectivity index (χ0v) is 15.4. The number of benzene rings is 1. The first-order chi connectivity index (χ1) is 13.3. The highest BCUT2D eigenvalue weighted by molar-refractivity contribution is 5.89. The maximum atomic E-state index is 11.9. The molecule has 144 valence electrons. The van der Waals surface area contributed by atoms with Gasteiger partial charge in [-0.25, -0.2) is 9.78 Å². The SMILES string of the molecule is O=C(NCc1cnco1)Nc1ccc(CC2CCN(C3COC3)CC2)cc1. The fourth-order valence-corrected chi connectivity index (χ4v) is 3.69. The molecule has 1 aromatic carbocycles. The Morgan fingerprint density at radius 3 is 2.59 bits per heavy atom. The predicted octanol–water partition coefficient (Wildman–Crippen LogP) is 2.65. The molecule has 2 aromatic rings. The van der Waals surface area contributed by atoms with Crippen molar-refractivity contribution in [1.29, 1.82) is 0 Å². The van der Waals surface area contributed by atoms with Crippen molar-refractivity contribution in [1.82, 2.24) is 15.2 Å². The average molecular weight is 370 g/mol. The van der Waals surface area contributed by atoms with Crippen molar-refractivity contribution >= 4 is 11.7 Å². The van der Waals surface area contributed by atoms with E-state index in [1.165, 1.54) is 37.9 Å². The molecular weight excluding hydrogens is 344 g/mol. The lowest BCUT2D eigenvalue weighted by atomic mass is 9.89. The molecule has 2 saturated heterocycles. The molecule has 0 bridgehead atoms. The number of hydrogen-bond acceptors (Lipinski definition) is 5. The van der Waals surface area contributed by atoms with Crippen LogP contribution in [0.15, 0.2) is 41.3 Å². The maximum absolute atomic E-state index is 11.9. The molecule has 0 aliphatic carbocycles. The summed E-state index contributed by atoms with van der Waals surface area (Å²) >= 11 is 0. The van der Waals surface area contributed by atoms with Crippen LogP contribution in [0.2, 0.25) is 0 Å². The Labute approximate surface area is 159 Å². The van der Waals surface area contributed by atoms with Gasteiger partial charge in [-0.3, -0.25) is 4.90 Å². The van der Waals surface area contributed by atoms with Gasteiger partial charge in [-0.05, 0) is 56.0 Å². The number of amides is 2. The monoisotopic (exact) mass is 370 g/mol. The summed E-state index contributed by atoms with van der Waals surface area (Å²) in [5.41, 5.74) is 2.11.